The van der Waals surface area contributed by atoms with Crippen LogP contribution in [0.1, 0.15) is 46.5 Å². The second-order valence-corrected chi connectivity index (χ2v) is 6.84. The lowest BCUT2D eigenvalue weighted by molar-refractivity contribution is 0.167. The molecule has 2 rings (SSSR count). The van der Waals surface area contributed by atoms with Gasteiger partial charge in [0.25, 0.3) is 0 Å². The SMILES string of the molecule is CNC(CN(CC1CC1)C1CC1)C(C)(C)C. The highest BCUT2D eigenvalue weighted by Crippen LogP contribution is 2.35. The fourth-order valence-electron chi connectivity index (χ4n) is 2.48. The predicted octanol–water partition coefficient (Wildman–Crippen LogP) is 2.49. The standard InChI is InChI=1S/C14H28N2/c1-14(2,3)13(15-4)10-16(12-7-8-12)9-11-5-6-11/h11-13,15H,5-10H2,1-4H3. The van der Waals surface area contributed by atoms with Gasteiger partial charge in [0.2, 0.25) is 0 Å². The first-order valence-electron chi connectivity index (χ1n) is 6.92. The van der Waals surface area contributed by atoms with E-state index in [9.17, 15) is 0 Å². The number of likely N-dealkylation sites (N-methyl/N-ethyl adjacent to an activating group) is 1. The van der Waals surface area contributed by atoms with Gasteiger partial charge in [-0.2, -0.15) is 0 Å². The molecular weight excluding hydrogens is 196 g/mol. The molecule has 0 amide bonds. The summed E-state index contributed by atoms with van der Waals surface area (Å²) in [7, 11) is 2.11. The Kier molecular flexibility index (Phi) is 3.60. The van der Waals surface area contributed by atoms with Crippen molar-refractivity contribution in [1.29, 1.82) is 0 Å². The predicted molar refractivity (Wildman–Crippen MR) is 69.6 cm³/mol. The summed E-state index contributed by atoms with van der Waals surface area (Å²) in [5.41, 5.74) is 0.367. The Hall–Kier alpha value is -0.0800. The van der Waals surface area contributed by atoms with E-state index in [4.69, 9.17) is 0 Å². The van der Waals surface area contributed by atoms with Gasteiger partial charge in [-0.15, -0.1) is 0 Å². The van der Waals surface area contributed by atoms with Crippen molar-refractivity contribution in [3.05, 3.63) is 0 Å². The maximum absolute atomic E-state index is 3.51. The fraction of sp³-hybridized carbons (Fsp3) is 1.00. The summed E-state index contributed by atoms with van der Waals surface area (Å²) in [6.45, 7) is 9.63. The monoisotopic (exact) mass is 224 g/mol. The molecule has 0 aromatic rings. The molecule has 2 nitrogen and oxygen atoms in total. The molecular formula is C14H28N2. The minimum absolute atomic E-state index is 0.367. The van der Waals surface area contributed by atoms with Crippen LogP contribution >= 0.6 is 0 Å². The Morgan fingerprint density at radius 2 is 1.81 bits per heavy atom. The van der Waals surface area contributed by atoms with Crippen molar-refractivity contribution in [3.8, 4) is 0 Å². The van der Waals surface area contributed by atoms with Crippen LogP contribution in [0.15, 0.2) is 0 Å². The van der Waals surface area contributed by atoms with E-state index in [-0.39, 0.29) is 0 Å². The van der Waals surface area contributed by atoms with Gasteiger partial charge in [-0.05, 0) is 44.1 Å². The average Bonchev–Trinajstić information content (AvgIpc) is 2.97. The van der Waals surface area contributed by atoms with Gasteiger partial charge in [-0.25, -0.2) is 0 Å². The molecule has 2 heteroatoms. The quantitative estimate of drug-likeness (QED) is 0.746. The molecule has 0 aliphatic heterocycles. The van der Waals surface area contributed by atoms with E-state index in [1.807, 2.05) is 0 Å². The topological polar surface area (TPSA) is 15.3 Å². The molecule has 0 aromatic carbocycles. The van der Waals surface area contributed by atoms with E-state index in [0.717, 1.165) is 12.0 Å². The summed E-state index contributed by atoms with van der Waals surface area (Å²) in [5.74, 6) is 1.03. The number of hydrogen-bond donors (Lipinski definition) is 1. The van der Waals surface area contributed by atoms with E-state index in [0.29, 0.717) is 11.5 Å². The molecule has 1 atom stereocenters. The van der Waals surface area contributed by atoms with Gasteiger partial charge >= 0.3 is 0 Å². The molecule has 0 heterocycles. The smallest absolute Gasteiger partial charge is 0.0240 e. The van der Waals surface area contributed by atoms with E-state index in [1.54, 1.807) is 0 Å². The lowest BCUT2D eigenvalue weighted by atomic mass is 9.86. The third-order valence-corrected chi connectivity index (χ3v) is 4.06. The number of nitrogens with one attached hydrogen (secondary N) is 1. The molecule has 2 fully saturated rings. The van der Waals surface area contributed by atoms with Crippen molar-refractivity contribution in [1.82, 2.24) is 10.2 Å². The molecule has 0 spiro atoms. The Labute approximate surface area is 101 Å². The number of rotatable bonds is 6. The van der Waals surface area contributed by atoms with Crippen molar-refractivity contribution in [2.45, 2.75) is 58.5 Å². The fourth-order valence-corrected chi connectivity index (χ4v) is 2.48. The Balaban J connectivity index is 1.86. The highest BCUT2D eigenvalue weighted by Gasteiger charge is 2.36. The largest absolute Gasteiger partial charge is 0.315 e. The summed E-state index contributed by atoms with van der Waals surface area (Å²) < 4.78 is 0. The molecule has 2 aliphatic carbocycles. The van der Waals surface area contributed by atoms with Gasteiger partial charge in [0.15, 0.2) is 0 Å². The third kappa shape index (κ3) is 3.46. The second kappa shape index (κ2) is 4.66. The molecule has 0 saturated heterocycles. The summed E-state index contributed by atoms with van der Waals surface area (Å²) >= 11 is 0. The third-order valence-electron chi connectivity index (χ3n) is 4.06. The van der Waals surface area contributed by atoms with Crippen LogP contribution in [0, 0.1) is 11.3 Å². The van der Waals surface area contributed by atoms with E-state index in [1.165, 1.54) is 38.8 Å². The van der Waals surface area contributed by atoms with Gasteiger partial charge in [0, 0.05) is 25.2 Å². The molecule has 1 unspecified atom stereocenters. The molecule has 94 valence electrons. The lowest BCUT2D eigenvalue weighted by Crippen LogP contribution is -2.48. The number of nitrogens with zero attached hydrogens (tertiary/aromatic N) is 1. The highest BCUT2D eigenvalue weighted by molar-refractivity contribution is 4.92. The lowest BCUT2D eigenvalue weighted by Gasteiger charge is -2.35. The first-order valence-corrected chi connectivity index (χ1v) is 6.92. The van der Waals surface area contributed by atoms with Crippen LogP contribution in [0.25, 0.3) is 0 Å². The minimum atomic E-state index is 0.367. The molecule has 2 saturated carbocycles. The highest BCUT2D eigenvalue weighted by atomic mass is 15.2. The maximum atomic E-state index is 3.51. The second-order valence-electron chi connectivity index (χ2n) is 6.84. The van der Waals surface area contributed by atoms with Crippen molar-refractivity contribution in [2.75, 3.05) is 20.1 Å². The van der Waals surface area contributed by atoms with Gasteiger partial charge in [-0.1, -0.05) is 20.8 Å². The van der Waals surface area contributed by atoms with Crippen molar-refractivity contribution in [3.63, 3.8) is 0 Å². The Bertz CT molecular complexity index is 223. The van der Waals surface area contributed by atoms with Crippen LogP contribution in [0.5, 0.6) is 0 Å². The van der Waals surface area contributed by atoms with Crippen LogP contribution in [-0.4, -0.2) is 37.1 Å². The Morgan fingerprint density at radius 1 is 1.19 bits per heavy atom. The molecule has 16 heavy (non-hydrogen) atoms. The van der Waals surface area contributed by atoms with E-state index >= 15 is 0 Å². The molecule has 2 aliphatic rings. The molecule has 0 bridgehead atoms. The summed E-state index contributed by atoms with van der Waals surface area (Å²) in [4.78, 5) is 2.75. The van der Waals surface area contributed by atoms with Crippen molar-refractivity contribution in [2.24, 2.45) is 11.3 Å². The summed E-state index contributed by atoms with van der Waals surface area (Å²) in [6.07, 6.45) is 5.83. The van der Waals surface area contributed by atoms with Crippen LogP contribution in [0.3, 0.4) is 0 Å². The summed E-state index contributed by atoms with van der Waals surface area (Å²) in [6, 6.07) is 1.53. The van der Waals surface area contributed by atoms with Crippen LogP contribution < -0.4 is 5.32 Å². The van der Waals surface area contributed by atoms with Gasteiger partial charge in [0.1, 0.15) is 0 Å². The molecule has 1 N–H and O–H groups in total. The summed E-state index contributed by atoms with van der Waals surface area (Å²) in [5, 5.41) is 3.51. The van der Waals surface area contributed by atoms with Crippen molar-refractivity contribution >= 4 is 0 Å². The van der Waals surface area contributed by atoms with Crippen LogP contribution in [0.2, 0.25) is 0 Å². The zero-order chi connectivity index (χ0) is 11.8. The van der Waals surface area contributed by atoms with E-state index < -0.39 is 0 Å². The first kappa shape index (κ1) is 12.4. The zero-order valence-electron chi connectivity index (χ0n) is 11.4. The van der Waals surface area contributed by atoms with Crippen LogP contribution in [0.4, 0.5) is 0 Å². The molecule has 0 radical (unpaired) electrons. The minimum Gasteiger partial charge on any atom is -0.315 e. The number of hydrogen-bond acceptors (Lipinski definition) is 2. The van der Waals surface area contributed by atoms with Gasteiger partial charge in [-0.3, -0.25) is 4.90 Å². The first-order chi connectivity index (χ1) is 7.50. The van der Waals surface area contributed by atoms with E-state index in [2.05, 4.69) is 38.0 Å². The average molecular weight is 224 g/mol. The Morgan fingerprint density at radius 3 is 2.19 bits per heavy atom. The normalized spacial score (nSPS) is 23.8. The zero-order valence-corrected chi connectivity index (χ0v) is 11.4. The van der Waals surface area contributed by atoms with Crippen LogP contribution in [-0.2, 0) is 0 Å². The molecule has 0 aromatic heterocycles. The van der Waals surface area contributed by atoms with Gasteiger partial charge < -0.3 is 5.32 Å². The maximum Gasteiger partial charge on any atom is 0.0240 e. The van der Waals surface area contributed by atoms with Gasteiger partial charge in [0.05, 0.1) is 0 Å². The van der Waals surface area contributed by atoms with Crippen molar-refractivity contribution < 1.29 is 0 Å².